The molecular formula is C29H24N3+. The van der Waals surface area contributed by atoms with Gasteiger partial charge in [0.2, 0.25) is 5.52 Å². The highest BCUT2D eigenvalue weighted by molar-refractivity contribution is 6.26. The van der Waals surface area contributed by atoms with Crippen molar-refractivity contribution in [1.82, 2.24) is 4.40 Å². The Morgan fingerprint density at radius 1 is 0.969 bits per heavy atom. The van der Waals surface area contributed by atoms with Crippen molar-refractivity contribution in [2.24, 2.45) is 7.05 Å². The van der Waals surface area contributed by atoms with E-state index in [9.17, 15) is 5.26 Å². The lowest BCUT2D eigenvalue weighted by Crippen LogP contribution is -2.29. The molecule has 1 aliphatic carbocycles. The monoisotopic (exact) mass is 414 g/mol. The number of hydrogen-bond donors (Lipinski definition) is 0. The molecule has 32 heavy (non-hydrogen) atoms. The maximum Gasteiger partial charge on any atom is 0.224 e. The van der Waals surface area contributed by atoms with Gasteiger partial charge in [0.1, 0.15) is 7.05 Å². The number of pyridine rings is 2. The average molecular weight is 415 g/mol. The third kappa shape index (κ3) is 2.12. The van der Waals surface area contributed by atoms with Gasteiger partial charge in [-0.1, -0.05) is 37.1 Å². The molecular weight excluding hydrogens is 390 g/mol. The number of nitriles is 1. The summed E-state index contributed by atoms with van der Waals surface area (Å²) in [5, 5.41) is 16.1. The molecule has 0 spiro atoms. The van der Waals surface area contributed by atoms with Crippen LogP contribution < -0.4 is 4.57 Å². The molecule has 0 amide bonds. The maximum absolute atomic E-state index is 9.91. The van der Waals surface area contributed by atoms with Gasteiger partial charge < -0.3 is 4.40 Å². The Morgan fingerprint density at radius 3 is 2.62 bits per heavy atom. The number of hydrogen-bond acceptors (Lipinski definition) is 1. The van der Waals surface area contributed by atoms with E-state index in [0.717, 1.165) is 16.5 Å². The summed E-state index contributed by atoms with van der Waals surface area (Å²) in [4.78, 5) is 0. The Kier molecular flexibility index (Phi) is 3.49. The normalized spacial score (nSPS) is 15.2. The summed E-state index contributed by atoms with van der Waals surface area (Å²) < 4.78 is 4.72. The molecule has 1 fully saturated rings. The largest absolute Gasteiger partial charge is 0.307 e. The molecule has 0 aliphatic heterocycles. The van der Waals surface area contributed by atoms with Crippen LogP contribution in [0.1, 0.15) is 48.3 Å². The van der Waals surface area contributed by atoms with E-state index in [0.29, 0.717) is 5.92 Å². The Hall–Kier alpha value is -3.64. The highest BCUT2D eigenvalue weighted by atomic mass is 15.0. The molecule has 3 heteroatoms. The van der Waals surface area contributed by atoms with Crippen molar-refractivity contribution in [3.8, 4) is 6.07 Å². The van der Waals surface area contributed by atoms with Gasteiger partial charge in [0.15, 0.2) is 6.20 Å². The molecule has 6 aromatic rings. The Morgan fingerprint density at radius 2 is 1.81 bits per heavy atom. The van der Waals surface area contributed by atoms with E-state index in [4.69, 9.17) is 0 Å². The second-order valence-corrected chi connectivity index (χ2v) is 9.56. The zero-order valence-corrected chi connectivity index (χ0v) is 18.4. The van der Waals surface area contributed by atoms with Crippen molar-refractivity contribution in [1.29, 1.82) is 5.26 Å². The van der Waals surface area contributed by atoms with E-state index in [2.05, 4.69) is 71.6 Å². The second-order valence-electron chi connectivity index (χ2n) is 9.56. The molecule has 3 aromatic heterocycles. The first kappa shape index (κ1) is 18.0. The number of benzene rings is 3. The Bertz CT molecular complexity index is 1760. The molecule has 1 aliphatic rings. The van der Waals surface area contributed by atoms with Crippen molar-refractivity contribution in [3.05, 3.63) is 71.4 Å². The standard InChI is InChI=1S/C29H24N3/c1-17-10-11-22-26-20(16-30)8-5-9-23(26)32-24-15-21(18-6-3-4-7-18)14-19-12-13-31(2)29(27(19)24)25(17)28(22)32/h5,8-15,18H,3-4,6-7H2,1-2H3/q+1. The summed E-state index contributed by atoms with van der Waals surface area (Å²) in [6.45, 7) is 2.21. The Labute approximate surface area is 186 Å². The molecule has 3 nitrogen and oxygen atoms in total. The number of aryl methyl sites for hydroxylation is 2. The second kappa shape index (κ2) is 6.20. The molecule has 3 aromatic carbocycles. The van der Waals surface area contributed by atoms with Crippen molar-refractivity contribution in [2.75, 3.05) is 0 Å². The van der Waals surface area contributed by atoms with E-state index in [1.165, 1.54) is 74.9 Å². The maximum atomic E-state index is 9.91. The van der Waals surface area contributed by atoms with Crippen molar-refractivity contribution in [2.45, 2.75) is 38.5 Å². The zero-order valence-electron chi connectivity index (χ0n) is 18.4. The van der Waals surface area contributed by atoms with Gasteiger partial charge in [-0.05, 0) is 60.4 Å². The number of aromatic nitrogens is 2. The fraction of sp³-hybridized carbons (Fsp3) is 0.241. The summed E-state index contributed by atoms with van der Waals surface area (Å²) in [6, 6.07) is 20.2. The average Bonchev–Trinajstić information content (AvgIpc) is 3.46. The first-order valence-corrected chi connectivity index (χ1v) is 11.6. The molecule has 7 rings (SSSR count). The van der Waals surface area contributed by atoms with Gasteiger partial charge in [-0.25, -0.2) is 4.57 Å². The van der Waals surface area contributed by atoms with Crippen LogP contribution in [0.15, 0.2) is 54.7 Å². The van der Waals surface area contributed by atoms with E-state index in [1.807, 2.05) is 12.1 Å². The van der Waals surface area contributed by atoms with Crippen LogP contribution in [0.4, 0.5) is 0 Å². The number of rotatable bonds is 1. The van der Waals surface area contributed by atoms with Gasteiger partial charge in [-0.15, -0.1) is 0 Å². The first-order chi connectivity index (χ1) is 15.7. The minimum Gasteiger partial charge on any atom is -0.307 e. The quantitative estimate of drug-likeness (QED) is 0.168. The molecule has 0 atom stereocenters. The van der Waals surface area contributed by atoms with Crippen molar-refractivity contribution < 1.29 is 4.57 Å². The third-order valence-corrected chi connectivity index (χ3v) is 7.82. The van der Waals surface area contributed by atoms with Crippen LogP contribution in [-0.4, -0.2) is 4.40 Å². The topological polar surface area (TPSA) is 32.1 Å². The van der Waals surface area contributed by atoms with Crippen LogP contribution in [0, 0.1) is 18.3 Å². The molecule has 0 bridgehead atoms. The minimum atomic E-state index is 0.652. The van der Waals surface area contributed by atoms with E-state index >= 15 is 0 Å². The fourth-order valence-electron chi connectivity index (χ4n) is 6.37. The van der Waals surface area contributed by atoms with Gasteiger partial charge in [0.25, 0.3) is 0 Å². The van der Waals surface area contributed by atoms with Gasteiger partial charge >= 0.3 is 0 Å². The van der Waals surface area contributed by atoms with Gasteiger partial charge in [-0.3, -0.25) is 0 Å². The lowest BCUT2D eigenvalue weighted by Gasteiger charge is -2.16. The van der Waals surface area contributed by atoms with Crippen LogP contribution >= 0.6 is 0 Å². The molecule has 0 N–H and O–H groups in total. The van der Waals surface area contributed by atoms with Crippen molar-refractivity contribution >= 4 is 49.0 Å². The minimum absolute atomic E-state index is 0.652. The highest BCUT2D eigenvalue weighted by Gasteiger charge is 2.26. The number of fused-ring (bicyclic) bond motifs is 5. The molecule has 154 valence electrons. The predicted molar refractivity (Wildman–Crippen MR) is 130 cm³/mol. The highest BCUT2D eigenvalue weighted by Crippen LogP contribution is 2.43. The smallest absolute Gasteiger partial charge is 0.224 e. The lowest BCUT2D eigenvalue weighted by molar-refractivity contribution is -0.643. The molecule has 3 heterocycles. The van der Waals surface area contributed by atoms with Gasteiger partial charge in [0, 0.05) is 16.8 Å². The molecule has 1 saturated carbocycles. The zero-order chi connectivity index (χ0) is 21.6. The van der Waals surface area contributed by atoms with E-state index < -0.39 is 0 Å². The van der Waals surface area contributed by atoms with Crippen LogP contribution in [0.2, 0.25) is 0 Å². The first-order valence-electron chi connectivity index (χ1n) is 11.6. The molecule has 0 unspecified atom stereocenters. The predicted octanol–water partition coefficient (Wildman–Crippen LogP) is 6.65. The van der Waals surface area contributed by atoms with Crippen molar-refractivity contribution in [3.63, 3.8) is 0 Å². The summed E-state index contributed by atoms with van der Waals surface area (Å²) >= 11 is 0. The van der Waals surface area contributed by atoms with Crippen LogP contribution in [0.25, 0.3) is 49.0 Å². The van der Waals surface area contributed by atoms with Gasteiger partial charge in [0.05, 0.1) is 39.0 Å². The Balaban J connectivity index is 1.84. The summed E-state index contributed by atoms with van der Waals surface area (Å²) in [5.74, 6) is 0.652. The van der Waals surface area contributed by atoms with Crippen LogP contribution in [0.5, 0.6) is 0 Å². The van der Waals surface area contributed by atoms with Gasteiger partial charge in [-0.2, -0.15) is 5.26 Å². The third-order valence-electron chi connectivity index (χ3n) is 7.82. The molecule has 0 radical (unpaired) electrons. The number of nitrogens with zero attached hydrogens (tertiary/aromatic N) is 3. The van der Waals surface area contributed by atoms with E-state index in [1.54, 1.807) is 0 Å². The summed E-state index contributed by atoms with van der Waals surface area (Å²) in [6.07, 6.45) is 7.44. The molecule has 0 saturated heterocycles. The van der Waals surface area contributed by atoms with Crippen LogP contribution in [-0.2, 0) is 7.05 Å². The lowest BCUT2D eigenvalue weighted by atomic mass is 9.92. The summed E-state index contributed by atoms with van der Waals surface area (Å²) in [7, 11) is 2.15. The SMILES string of the molecule is Cc1ccc2c3c(C#N)cccc3n3c4cc(C5CCCC5)cc5cc[n+](C)c(c1c23)c54. The van der Waals surface area contributed by atoms with Crippen LogP contribution in [0.3, 0.4) is 0 Å². The summed E-state index contributed by atoms with van der Waals surface area (Å²) in [5.41, 5.74) is 8.41. The van der Waals surface area contributed by atoms with E-state index in [-0.39, 0.29) is 0 Å². The fourth-order valence-corrected chi connectivity index (χ4v) is 6.37.